The number of rotatable bonds is 9. The molecular weight excluding hydrogens is 919 g/mol. The van der Waals surface area contributed by atoms with Crippen LogP contribution < -0.4 is 14.7 Å². The molecule has 15 rings (SSSR count). The third-order valence-electron chi connectivity index (χ3n) is 15.9. The summed E-state index contributed by atoms with van der Waals surface area (Å²) in [5.74, 6) is 0. The van der Waals surface area contributed by atoms with Gasteiger partial charge in [-0.2, -0.15) is 0 Å². The molecule has 0 radical (unpaired) electrons. The topological polar surface area (TPSA) is 9.72 Å². The Morgan fingerprint density at radius 3 is 0.803 bits per heavy atom. The van der Waals surface area contributed by atoms with Crippen molar-refractivity contribution in [1.29, 1.82) is 0 Å². The summed E-state index contributed by atoms with van der Waals surface area (Å²) in [5, 5.41) is 7.28. The average Bonchev–Trinajstić information content (AvgIpc) is 4.11. The molecule has 0 amide bonds. The molecule has 13 aromatic carbocycles. The number of para-hydroxylation sites is 3. The fourth-order valence-corrected chi connectivity index (χ4v) is 12.6. The first-order valence-corrected chi connectivity index (χ1v) is 26.2. The molecule has 76 heavy (non-hydrogen) atoms. The van der Waals surface area contributed by atoms with Gasteiger partial charge in [-0.25, -0.2) is 0 Å². The van der Waals surface area contributed by atoms with Crippen LogP contribution >= 0.6 is 0 Å². The lowest BCUT2D eigenvalue weighted by atomic mass is 9.70. The lowest BCUT2D eigenvalue weighted by molar-refractivity contribution is 0.793. The summed E-state index contributed by atoms with van der Waals surface area (Å²) in [6.45, 7) is 0. The predicted octanol–water partition coefficient (Wildman–Crippen LogP) is 19.9. The predicted molar refractivity (Wildman–Crippen MR) is 319 cm³/mol. The highest BCUT2D eigenvalue weighted by Gasteiger charge is 2.52. The molecular formula is C73H49N3. The molecule has 1 spiro atoms. The summed E-state index contributed by atoms with van der Waals surface area (Å²) >= 11 is 0. The molecule has 0 unspecified atom stereocenters. The van der Waals surface area contributed by atoms with E-state index in [9.17, 15) is 0 Å². The molecule has 0 saturated heterocycles. The largest absolute Gasteiger partial charge is 0.310 e. The third kappa shape index (κ3) is 6.90. The number of benzene rings is 13. The molecule has 2 aliphatic carbocycles. The van der Waals surface area contributed by atoms with Gasteiger partial charge in [-0.15, -0.1) is 0 Å². The molecule has 356 valence electrons. The lowest BCUT2D eigenvalue weighted by Gasteiger charge is -2.32. The summed E-state index contributed by atoms with van der Waals surface area (Å²) in [6, 6.07) is 110. The van der Waals surface area contributed by atoms with Gasteiger partial charge in [-0.05, 0) is 186 Å². The van der Waals surface area contributed by atoms with E-state index < -0.39 is 5.41 Å². The van der Waals surface area contributed by atoms with Crippen molar-refractivity contribution in [1.82, 2.24) is 0 Å². The first-order chi connectivity index (χ1) is 37.7. The van der Waals surface area contributed by atoms with E-state index in [-0.39, 0.29) is 0 Å². The van der Waals surface area contributed by atoms with Gasteiger partial charge in [0.1, 0.15) is 0 Å². The Kier molecular flexibility index (Phi) is 10.1. The minimum absolute atomic E-state index is 0.603. The molecule has 3 nitrogen and oxygen atoms in total. The summed E-state index contributed by atoms with van der Waals surface area (Å²) in [5.41, 5.74) is 19.4. The molecule has 0 fully saturated rings. The Morgan fingerprint density at radius 1 is 0.171 bits per heavy atom. The number of fused-ring (bicyclic) bond motifs is 13. The average molecular weight is 968 g/mol. The van der Waals surface area contributed by atoms with E-state index in [2.05, 4.69) is 312 Å². The van der Waals surface area contributed by atoms with E-state index in [1.165, 1.54) is 76.8 Å². The molecule has 0 bridgehead atoms. The minimum Gasteiger partial charge on any atom is -0.310 e. The zero-order valence-electron chi connectivity index (χ0n) is 41.6. The standard InChI is InChI=1S/C73H49N3/c1-4-24-56(25-5-1)74(59-35-32-50-18-10-13-21-53(50)44-59)62-38-41-70-66(47-62)65-30-16-17-31-69(65)73(70)71-42-39-63(75(57-26-6-2-7-27-57)60-36-33-51-19-11-14-22-54(51)45-60)48-67(71)68-49-64(40-43-72(68)73)76(58-28-8-3-9-29-58)61-37-34-52-20-12-15-23-55(52)46-61/h1-49H. The second-order valence-electron chi connectivity index (χ2n) is 20.1. The fourth-order valence-electron chi connectivity index (χ4n) is 12.6. The first kappa shape index (κ1) is 43.6. The number of hydrogen-bond donors (Lipinski definition) is 0. The smallest absolute Gasteiger partial charge is 0.0725 e. The van der Waals surface area contributed by atoms with Crippen LogP contribution in [0.5, 0.6) is 0 Å². The Labute approximate surface area is 443 Å². The molecule has 2 aliphatic rings. The minimum atomic E-state index is -0.603. The quantitative estimate of drug-likeness (QED) is 0.143. The van der Waals surface area contributed by atoms with Gasteiger partial charge in [0, 0.05) is 51.2 Å². The zero-order chi connectivity index (χ0) is 50.2. The van der Waals surface area contributed by atoms with Gasteiger partial charge in [0.25, 0.3) is 0 Å². The third-order valence-corrected chi connectivity index (χ3v) is 15.9. The summed E-state index contributed by atoms with van der Waals surface area (Å²) in [4.78, 5) is 7.24. The van der Waals surface area contributed by atoms with Gasteiger partial charge in [0.15, 0.2) is 0 Å². The van der Waals surface area contributed by atoms with Crippen molar-refractivity contribution in [3.63, 3.8) is 0 Å². The second kappa shape index (κ2) is 17.6. The Morgan fingerprint density at radius 2 is 0.434 bits per heavy atom. The van der Waals surface area contributed by atoms with Crippen LogP contribution in [-0.4, -0.2) is 0 Å². The SMILES string of the molecule is c1ccc(N(c2ccc3c(c2)-c2ccccc2C32c3ccc(N(c4ccccc4)c4ccc5ccccc5c4)cc3-c3cc(N(c4ccccc4)c4ccc5ccccc5c4)ccc32)c2ccc3ccccc3c2)cc1. The van der Waals surface area contributed by atoms with Crippen molar-refractivity contribution in [2.75, 3.05) is 14.7 Å². The maximum Gasteiger partial charge on any atom is 0.0725 e. The highest BCUT2D eigenvalue weighted by atomic mass is 15.2. The van der Waals surface area contributed by atoms with Crippen LogP contribution in [0.1, 0.15) is 22.3 Å². The summed E-state index contributed by atoms with van der Waals surface area (Å²) in [6.07, 6.45) is 0. The number of hydrogen-bond acceptors (Lipinski definition) is 3. The van der Waals surface area contributed by atoms with Crippen molar-refractivity contribution in [3.8, 4) is 22.3 Å². The highest BCUT2D eigenvalue weighted by Crippen LogP contribution is 2.64. The van der Waals surface area contributed by atoms with Gasteiger partial charge in [-0.3, -0.25) is 0 Å². The van der Waals surface area contributed by atoms with Crippen LogP contribution in [0.25, 0.3) is 54.6 Å². The maximum atomic E-state index is 2.46. The van der Waals surface area contributed by atoms with Crippen molar-refractivity contribution >= 4 is 83.5 Å². The van der Waals surface area contributed by atoms with Crippen molar-refractivity contribution in [3.05, 3.63) is 320 Å². The van der Waals surface area contributed by atoms with E-state index in [4.69, 9.17) is 0 Å². The summed E-state index contributed by atoms with van der Waals surface area (Å²) in [7, 11) is 0. The van der Waals surface area contributed by atoms with Gasteiger partial charge >= 0.3 is 0 Å². The number of anilines is 9. The van der Waals surface area contributed by atoms with Crippen LogP contribution in [0.3, 0.4) is 0 Å². The molecule has 0 saturated carbocycles. The Hall–Kier alpha value is -9.96. The van der Waals surface area contributed by atoms with E-state index in [1.807, 2.05) is 0 Å². The van der Waals surface area contributed by atoms with E-state index in [1.54, 1.807) is 0 Å². The monoisotopic (exact) mass is 967 g/mol. The molecule has 0 aromatic heterocycles. The molecule has 0 heterocycles. The van der Waals surface area contributed by atoms with Crippen molar-refractivity contribution in [2.45, 2.75) is 5.41 Å². The van der Waals surface area contributed by atoms with Crippen LogP contribution in [-0.2, 0) is 5.41 Å². The van der Waals surface area contributed by atoms with Crippen LogP contribution in [0.15, 0.2) is 297 Å². The fraction of sp³-hybridized carbons (Fsp3) is 0.0137. The van der Waals surface area contributed by atoms with E-state index in [0.29, 0.717) is 0 Å². The molecule has 13 aromatic rings. The summed E-state index contributed by atoms with van der Waals surface area (Å²) < 4.78 is 0. The van der Waals surface area contributed by atoms with Crippen LogP contribution in [0, 0.1) is 0 Å². The van der Waals surface area contributed by atoms with Gasteiger partial charge in [-0.1, -0.05) is 188 Å². The van der Waals surface area contributed by atoms with Crippen molar-refractivity contribution < 1.29 is 0 Å². The Bertz CT molecular complexity index is 4200. The molecule has 0 atom stereocenters. The highest BCUT2D eigenvalue weighted by molar-refractivity contribution is 6.00. The van der Waals surface area contributed by atoms with Crippen molar-refractivity contribution in [2.24, 2.45) is 0 Å². The zero-order valence-corrected chi connectivity index (χ0v) is 41.6. The molecule has 0 N–H and O–H groups in total. The van der Waals surface area contributed by atoms with Gasteiger partial charge in [0.05, 0.1) is 5.41 Å². The first-order valence-electron chi connectivity index (χ1n) is 26.2. The van der Waals surface area contributed by atoms with E-state index in [0.717, 1.165) is 51.2 Å². The van der Waals surface area contributed by atoms with Crippen LogP contribution in [0.4, 0.5) is 51.2 Å². The molecule has 3 heteroatoms. The van der Waals surface area contributed by atoms with E-state index >= 15 is 0 Å². The molecule has 0 aliphatic heterocycles. The normalized spacial score (nSPS) is 12.6. The number of nitrogens with zero attached hydrogens (tertiary/aromatic N) is 3. The Balaban J connectivity index is 0.974. The second-order valence-corrected chi connectivity index (χ2v) is 20.1. The van der Waals surface area contributed by atoms with Gasteiger partial charge < -0.3 is 14.7 Å². The van der Waals surface area contributed by atoms with Gasteiger partial charge in [0.2, 0.25) is 0 Å². The van der Waals surface area contributed by atoms with Crippen LogP contribution in [0.2, 0.25) is 0 Å². The maximum absolute atomic E-state index is 2.46. The lowest BCUT2D eigenvalue weighted by Crippen LogP contribution is -2.26.